The van der Waals surface area contributed by atoms with E-state index in [0.717, 1.165) is 0 Å². The molecule has 2 N–H and O–H groups in total. The first kappa shape index (κ1) is 15.9. The molecule has 1 amide bonds. The van der Waals surface area contributed by atoms with Crippen molar-refractivity contribution in [2.45, 2.75) is 33.1 Å². The zero-order chi connectivity index (χ0) is 15.3. The summed E-state index contributed by atoms with van der Waals surface area (Å²) in [5.41, 5.74) is -0.737. The lowest BCUT2D eigenvalue weighted by atomic mass is 9.79. The Kier molecular flexibility index (Phi) is 5.07. The third-order valence-corrected chi connectivity index (χ3v) is 3.68. The summed E-state index contributed by atoms with van der Waals surface area (Å²) in [6.45, 7) is 3.52. The summed E-state index contributed by atoms with van der Waals surface area (Å²) < 4.78 is 1.35. The van der Waals surface area contributed by atoms with E-state index in [1.807, 2.05) is 0 Å². The smallest absolute Gasteiger partial charge is 0.310 e. The number of aromatic nitrogens is 1. The summed E-state index contributed by atoms with van der Waals surface area (Å²) >= 11 is 0. The van der Waals surface area contributed by atoms with Gasteiger partial charge in [-0.05, 0) is 18.9 Å². The number of nitrogens with one attached hydrogen (secondary N) is 1. The predicted molar refractivity (Wildman–Crippen MR) is 75.6 cm³/mol. The molecular weight excluding hydrogens is 260 g/mol. The SMILES string of the molecule is CCC(CC)(CC(=O)Nc1ccc(=O)n(C)c1)C(=O)O. The van der Waals surface area contributed by atoms with E-state index in [1.54, 1.807) is 20.9 Å². The number of aliphatic carboxylic acids is 1. The maximum Gasteiger partial charge on any atom is 0.310 e. The number of aryl methyl sites for hydroxylation is 1. The molecule has 1 rings (SSSR count). The number of rotatable bonds is 6. The van der Waals surface area contributed by atoms with E-state index in [0.29, 0.717) is 18.5 Å². The van der Waals surface area contributed by atoms with Crippen molar-refractivity contribution in [3.63, 3.8) is 0 Å². The number of hydrogen-bond donors (Lipinski definition) is 2. The number of carboxylic acid groups (broad SMARTS) is 1. The maximum absolute atomic E-state index is 12.0. The fourth-order valence-corrected chi connectivity index (χ4v) is 2.06. The van der Waals surface area contributed by atoms with Crippen molar-refractivity contribution in [1.82, 2.24) is 4.57 Å². The molecular formula is C14H20N2O4. The average molecular weight is 280 g/mol. The van der Waals surface area contributed by atoms with E-state index in [2.05, 4.69) is 5.32 Å². The third kappa shape index (κ3) is 3.46. The van der Waals surface area contributed by atoms with Crippen molar-refractivity contribution >= 4 is 17.6 Å². The first-order chi connectivity index (χ1) is 9.34. The molecule has 6 nitrogen and oxygen atoms in total. The van der Waals surface area contributed by atoms with E-state index in [4.69, 9.17) is 0 Å². The van der Waals surface area contributed by atoms with Gasteiger partial charge in [-0.25, -0.2) is 0 Å². The standard InChI is InChI=1S/C14H20N2O4/c1-4-14(5-2,13(19)20)8-11(17)15-10-6-7-12(18)16(3)9-10/h6-7,9H,4-5,8H2,1-3H3,(H,15,17)(H,19,20). The molecule has 0 aromatic carbocycles. The highest BCUT2D eigenvalue weighted by Gasteiger charge is 2.37. The van der Waals surface area contributed by atoms with E-state index < -0.39 is 11.4 Å². The predicted octanol–water partition coefficient (Wildman–Crippen LogP) is 1.60. The van der Waals surface area contributed by atoms with Gasteiger partial charge < -0.3 is 15.0 Å². The summed E-state index contributed by atoms with van der Waals surface area (Å²) in [6, 6.07) is 2.85. The molecule has 0 atom stereocenters. The molecule has 1 aromatic rings. The minimum absolute atomic E-state index is 0.0851. The third-order valence-electron chi connectivity index (χ3n) is 3.68. The summed E-state index contributed by atoms with van der Waals surface area (Å²) in [5.74, 6) is -1.33. The van der Waals surface area contributed by atoms with Crippen molar-refractivity contribution in [2.75, 3.05) is 5.32 Å². The van der Waals surface area contributed by atoms with Gasteiger partial charge in [0.15, 0.2) is 0 Å². The van der Waals surface area contributed by atoms with Gasteiger partial charge in [0.1, 0.15) is 0 Å². The van der Waals surface area contributed by atoms with Gasteiger partial charge in [-0.15, -0.1) is 0 Å². The molecule has 0 aliphatic rings. The monoisotopic (exact) mass is 280 g/mol. The van der Waals surface area contributed by atoms with Crippen LogP contribution in [0.2, 0.25) is 0 Å². The van der Waals surface area contributed by atoms with Crippen LogP contribution in [-0.4, -0.2) is 21.6 Å². The Morgan fingerprint density at radius 2 is 1.90 bits per heavy atom. The van der Waals surface area contributed by atoms with E-state index >= 15 is 0 Å². The molecule has 0 bridgehead atoms. The molecule has 0 fully saturated rings. The van der Waals surface area contributed by atoms with E-state index in [1.165, 1.54) is 22.9 Å². The van der Waals surface area contributed by atoms with Crippen LogP contribution in [0.4, 0.5) is 5.69 Å². The molecule has 0 saturated carbocycles. The van der Waals surface area contributed by atoms with E-state index in [9.17, 15) is 19.5 Å². The highest BCUT2D eigenvalue weighted by Crippen LogP contribution is 2.31. The molecule has 0 unspecified atom stereocenters. The summed E-state index contributed by atoms with van der Waals surface area (Å²) in [7, 11) is 1.58. The van der Waals surface area contributed by atoms with Gasteiger partial charge in [0.25, 0.3) is 0 Å². The van der Waals surface area contributed by atoms with Crippen LogP contribution >= 0.6 is 0 Å². The summed E-state index contributed by atoms with van der Waals surface area (Å²) in [5, 5.41) is 11.9. The molecule has 6 heteroatoms. The quantitative estimate of drug-likeness (QED) is 0.828. The lowest BCUT2D eigenvalue weighted by molar-refractivity contribution is -0.151. The number of carbonyl (C=O) groups is 2. The van der Waals surface area contributed by atoms with Gasteiger partial charge in [0.05, 0.1) is 11.1 Å². The molecule has 110 valence electrons. The van der Waals surface area contributed by atoms with Crippen LogP contribution in [0.15, 0.2) is 23.1 Å². The Labute approximate surface area is 117 Å². The van der Waals surface area contributed by atoms with Crippen molar-refractivity contribution < 1.29 is 14.7 Å². The van der Waals surface area contributed by atoms with Crippen LogP contribution in [-0.2, 0) is 16.6 Å². The van der Waals surface area contributed by atoms with Gasteiger partial charge in [0, 0.05) is 25.7 Å². The fourth-order valence-electron chi connectivity index (χ4n) is 2.06. The van der Waals surface area contributed by atoms with Crippen molar-refractivity contribution in [2.24, 2.45) is 12.5 Å². The summed E-state index contributed by atoms with van der Waals surface area (Å²) in [6.07, 6.45) is 2.19. The summed E-state index contributed by atoms with van der Waals surface area (Å²) in [4.78, 5) is 34.6. The Morgan fingerprint density at radius 3 is 2.35 bits per heavy atom. The van der Waals surface area contributed by atoms with Crippen LogP contribution in [0.25, 0.3) is 0 Å². The molecule has 0 spiro atoms. The molecule has 1 heterocycles. The molecule has 20 heavy (non-hydrogen) atoms. The number of nitrogens with zero attached hydrogens (tertiary/aromatic N) is 1. The number of carboxylic acids is 1. The fraction of sp³-hybridized carbons (Fsp3) is 0.500. The van der Waals surface area contributed by atoms with Crippen LogP contribution in [0.3, 0.4) is 0 Å². The second kappa shape index (κ2) is 6.36. The van der Waals surface area contributed by atoms with Gasteiger partial charge in [-0.1, -0.05) is 13.8 Å². The lowest BCUT2D eigenvalue weighted by Gasteiger charge is -2.25. The first-order valence-corrected chi connectivity index (χ1v) is 6.54. The zero-order valence-electron chi connectivity index (χ0n) is 12.0. The Bertz CT molecular complexity index is 559. The number of amides is 1. The van der Waals surface area contributed by atoms with Crippen LogP contribution in [0.5, 0.6) is 0 Å². The molecule has 0 radical (unpaired) electrons. The number of carbonyl (C=O) groups excluding carboxylic acids is 1. The first-order valence-electron chi connectivity index (χ1n) is 6.54. The molecule has 0 saturated heterocycles. The van der Waals surface area contributed by atoms with Crippen LogP contribution in [0.1, 0.15) is 33.1 Å². The average Bonchev–Trinajstić information content (AvgIpc) is 2.40. The highest BCUT2D eigenvalue weighted by atomic mass is 16.4. The number of anilines is 1. The number of pyridine rings is 1. The minimum Gasteiger partial charge on any atom is -0.481 e. The molecule has 0 aliphatic carbocycles. The zero-order valence-corrected chi connectivity index (χ0v) is 12.0. The topological polar surface area (TPSA) is 88.4 Å². The minimum atomic E-state index is -1.04. The van der Waals surface area contributed by atoms with Gasteiger partial charge in [-0.2, -0.15) is 0 Å². The van der Waals surface area contributed by atoms with Crippen molar-refractivity contribution in [3.05, 3.63) is 28.7 Å². The van der Waals surface area contributed by atoms with Crippen molar-refractivity contribution in [3.8, 4) is 0 Å². The maximum atomic E-state index is 12.0. The van der Waals surface area contributed by atoms with Crippen LogP contribution in [0, 0.1) is 5.41 Å². The number of hydrogen-bond acceptors (Lipinski definition) is 3. The molecule has 0 aliphatic heterocycles. The second-order valence-corrected chi connectivity index (χ2v) is 4.88. The second-order valence-electron chi connectivity index (χ2n) is 4.88. The van der Waals surface area contributed by atoms with Gasteiger partial charge in [0.2, 0.25) is 11.5 Å². The van der Waals surface area contributed by atoms with Gasteiger partial charge >= 0.3 is 5.97 Å². The highest BCUT2D eigenvalue weighted by molar-refractivity contribution is 5.94. The van der Waals surface area contributed by atoms with Crippen molar-refractivity contribution in [1.29, 1.82) is 0 Å². The van der Waals surface area contributed by atoms with E-state index in [-0.39, 0.29) is 17.9 Å². The lowest BCUT2D eigenvalue weighted by Crippen LogP contribution is -2.34. The van der Waals surface area contributed by atoms with Gasteiger partial charge in [-0.3, -0.25) is 14.4 Å². The normalized spacial score (nSPS) is 11.2. The van der Waals surface area contributed by atoms with Crippen LogP contribution < -0.4 is 10.9 Å². The largest absolute Gasteiger partial charge is 0.481 e. The molecule has 1 aromatic heterocycles. The Morgan fingerprint density at radius 1 is 1.30 bits per heavy atom. The Balaban J connectivity index is 2.83. The Hall–Kier alpha value is -2.11.